The van der Waals surface area contributed by atoms with Crippen LogP contribution in [0.4, 0.5) is 5.69 Å². The zero-order chi connectivity index (χ0) is 14.8. The van der Waals surface area contributed by atoms with Crippen molar-refractivity contribution < 1.29 is 9.53 Å². The highest BCUT2D eigenvalue weighted by Crippen LogP contribution is 2.33. The van der Waals surface area contributed by atoms with Gasteiger partial charge in [-0.1, -0.05) is 22.0 Å². The summed E-state index contributed by atoms with van der Waals surface area (Å²) < 4.78 is 5.98. The molecule has 1 aromatic carbocycles. The molecule has 0 saturated carbocycles. The van der Waals surface area contributed by atoms with E-state index in [2.05, 4.69) is 31.5 Å². The molecule has 1 aliphatic heterocycles. The molecule has 0 aliphatic carbocycles. The number of nitrogens with one attached hydrogen (secondary N) is 2. The summed E-state index contributed by atoms with van der Waals surface area (Å²) in [6.45, 7) is 0.557. The molecule has 6 heteroatoms. The van der Waals surface area contributed by atoms with Gasteiger partial charge in [0.05, 0.1) is 7.11 Å². The highest BCUT2D eigenvalue weighted by molar-refractivity contribution is 9.10. The summed E-state index contributed by atoms with van der Waals surface area (Å²) in [5.41, 5.74) is 2.80. The number of fused-ring (bicyclic) bond motifs is 1. The zero-order valence-electron chi connectivity index (χ0n) is 11.4. The molecule has 108 valence electrons. The molecule has 0 radical (unpaired) electrons. The zero-order valence-corrected chi connectivity index (χ0v) is 13.0. The minimum atomic E-state index is -0.348. The number of nitrogens with zero attached hydrogens (tertiary/aromatic N) is 1. The molecular weight excluding hydrogens is 334 g/mol. The van der Waals surface area contributed by atoms with E-state index in [-0.39, 0.29) is 11.9 Å². The van der Waals surface area contributed by atoms with Crippen molar-refractivity contribution >= 4 is 27.5 Å². The topological polar surface area (TPSA) is 63.2 Å². The molecule has 0 spiro atoms. The van der Waals surface area contributed by atoms with Crippen LogP contribution < -0.4 is 15.4 Å². The van der Waals surface area contributed by atoms with Crippen molar-refractivity contribution in [3.05, 3.63) is 52.1 Å². The van der Waals surface area contributed by atoms with E-state index < -0.39 is 0 Å². The number of amides is 1. The predicted molar refractivity (Wildman–Crippen MR) is 83.1 cm³/mol. The summed E-state index contributed by atoms with van der Waals surface area (Å²) in [7, 11) is 1.58. The maximum atomic E-state index is 12.0. The van der Waals surface area contributed by atoms with E-state index in [0.29, 0.717) is 12.4 Å². The molecule has 1 aliphatic rings. The Balaban J connectivity index is 1.73. The van der Waals surface area contributed by atoms with Gasteiger partial charge in [-0.3, -0.25) is 10.1 Å². The van der Waals surface area contributed by atoms with Gasteiger partial charge in [0.15, 0.2) is 0 Å². The fourth-order valence-electron chi connectivity index (χ4n) is 2.29. The number of methoxy groups -OCH3 is 1. The van der Waals surface area contributed by atoms with Gasteiger partial charge in [0.1, 0.15) is 6.04 Å². The third-order valence-corrected chi connectivity index (χ3v) is 3.85. The molecular formula is C15H14BrN3O2. The second kappa shape index (κ2) is 5.83. The van der Waals surface area contributed by atoms with Crippen LogP contribution in [0.1, 0.15) is 17.2 Å². The Bertz CT molecular complexity index is 673. The van der Waals surface area contributed by atoms with Crippen LogP contribution in [0.15, 0.2) is 41.0 Å². The van der Waals surface area contributed by atoms with E-state index in [0.717, 1.165) is 21.3 Å². The van der Waals surface area contributed by atoms with Crippen LogP contribution in [0, 0.1) is 0 Å². The molecule has 1 unspecified atom stereocenters. The summed E-state index contributed by atoms with van der Waals surface area (Å²) in [5, 5.41) is 6.13. The molecule has 2 N–H and O–H groups in total. The molecule has 1 amide bonds. The SMILES string of the molecule is COc1ccc(CNC2C(=O)Nc3ccc(Br)cc32)cn1. The Labute approximate surface area is 130 Å². The number of pyridine rings is 1. The van der Waals surface area contributed by atoms with E-state index in [9.17, 15) is 4.79 Å². The van der Waals surface area contributed by atoms with Crippen molar-refractivity contribution in [2.24, 2.45) is 0 Å². The van der Waals surface area contributed by atoms with Crippen molar-refractivity contribution in [3.63, 3.8) is 0 Å². The van der Waals surface area contributed by atoms with Crippen molar-refractivity contribution in [2.75, 3.05) is 12.4 Å². The molecule has 2 heterocycles. The Kier molecular flexibility index (Phi) is 3.90. The van der Waals surface area contributed by atoms with Gasteiger partial charge >= 0.3 is 0 Å². The van der Waals surface area contributed by atoms with Crippen LogP contribution in [0.3, 0.4) is 0 Å². The third kappa shape index (κ3) is 2.91. The van der Waals surface area contributed by atoms with Gasteiger partial charge in [0.25, 0.3) is 0 Å². The van der Waals surface area contributed by atoms with Crippen LogP contribution in [0.5, 0.6) is 5.88 Å². The Morgan fingerprint density at radius 2 is 2.24 bits per heavy atom. The Morgan fingerprint density at radius 3 is 2.95 bits per heavy atom. The summed E-state index contributed by atoms with van der Waals surface area (Å²) in [4.78, 5) is 16.2. The first kappa shape index (κ1) is 14.0. The van der Waals surface area contributed by atoms with Gasteiger partial charge in [0, 0.05) is 34.5 Å². The lowest BCUT2D eigenvalue weighted by Gasteiger charge is -2.11. The summed E-state index contributed by atoms with van der Waals surface area (Å²) in [6.07, 6.45) is 1.74. The number of benzene rings is 1. The van der Waals surface area contributed by atoms with Gasteiger partial charge in [-0.2, -0.15) is 0 Å². The van der Waals surface area contributed by atoms with Crippen molar-refractivity contribution in [2.45, 2.75) is 12.6 Å². The smallest absolute Gasteiger partial charge is 0.246 e. The molecule has 21 heavy (non-hydrogen) atoms. The molecule has 0 saturated heterocycles. The number of carbonyl (C=O) groups excluding carboxylic acids is 1. The van der Waals surface area contributed by atoms with Crippen LogP contribution in [-0.4, -0.2) is 18.0 Å². The molecule has 2 aromatic rings. The number of carbonyl (C=O) groups is 1. The first-order valence-corrected chi connectivity index (χ1v) is 7.29. The summed E-state index contributed by atoms with van der Waals surface area (Å²) in [5.74, 6) is 0.538. The van der Waals surface area contributed by atoms with Crippen LogP contribution in [0.25, 0.3) is 0 Å². The standard InChI is InChI=1S/C15H14BrN3O2/c1-21-13-5-2-9(7-17-13)8-18-14-11-6-10(16)3-4-12(11)19-15(14)20/h2-7,14,18H,8H2,1H3,(H,19,20). The predicted octanol–water partition coefficient (Wildman–Crippen LogP) is 2.64. The average Bonchev–Trinajstić information content (AvgIpc) is 2.80. The number of rotatable bonds is 4. The second-order valence-corrected chi connectivity index (χ2v) is 5.66. The lowest BCUT2D eigenvalue weighted by atomic mass is 10.1. The quantitative estimate of drug-likeness (QED) is 0.892. The van der Waals surface area contributed by atoms with Gasteiger partial charge in [0.2, 0.25) is 11.8 Å². The van der Waals surface area contributed by atoms with Gasteiger partial charge in [-0.25, -0.2) is 4.98 Å². The molecule has 1 atom stereocenters. The number of halogens is 1. The van der Waals surface area contributed by atoms with E-state index in [4.69, 9.17) is 4.74 Å². The molecule has 0 bridgehead atoms. The molecule has 5 nitrogen and oxygen atoms in total. The van der Waals surface area contributed by atoms with Gasteiger partial charge < -0.3 is 10.1 Å². The van der Waals surface area contributed by atoms with E-state index in [1.54, 1.807) is 19.4 Å². The van der Waals surface area contributed by atoms with Crippen LogP contribution in [0.2, 0.25) is 0 Å². The van der Waals surface area contributed by atoms with Crippen molar-refractivity contribution in [1.82, 2.24) is 10.3 Å². The number of aromatic nitrogens is 1. The lowest BCUT2D eigenvalue weighted by molar-refractivity contribution is -0.117. The lowest BCUT2D eigenvalue weighted by Crippen LogP contribution is -2.27. The van der Waals surface area contributed by atoms with Crippen molar-refractivity contribution in [1.29, 1.82) is 0 Å². The third-order valence-electron chi connectivity index (χ3n) is 3.36. The van der Waals surface area contributed by atoms with E-state index in [1.807, 2.05) is 24.3 Å². The first-order chi connectivity index (χ1) is 10.2. The second-order valence-electron chi connectivity index (χ2n) is 4.74. The molecule has 3 rings (SSSR count). The van der Waals surface area contributed by atoms with Crippen molar-refractivity contribution in [3.8, 4) is 5.88 Å². The van der Waals surface area contributed by atoms with E-state index in [1.165, 1.54) is 0 Å². The minimum Gasteiger partial charge on any atom is -0.481 e. The van der Waals surface area contributed by atoms with E-state index >= 15 is 0 Å². The number of hydrogen-bond donors (Lipinski definition) is 2. The fraction of sp³-hybridized carbons (Fsp3) is 0.200. The number of anilines is 1. The Morgan fingerprint density at radius 1 is 1.38 bits per heavy atom. The average molecular weight is 348 g/mol. The summed E-state index contributed by atoms with van der Waals surface area (Å²) >= 11 is 3.43. The fourth-order valence-corrected chi connectivity index (χ4v) is 2.67. The normalized spacial score (nSPS) is 16.5. The first-order valence-electron chi connectivity index (χ1n) is 6.50. The Hall–Kier alpha value is -1.92. The monoisotopic (exact) mass is 347 g/mol. The highest BCUT2D eigenvalue weighted by Gasteiger charge is 2.30. The van der Waals surface area contributed by atoms with Crippen LogP contribution >= 0.6 is 15.9 Å². The maximum Gasteiger partial charge on any atom is 0.246 e. The largest absolute Gasteiger partial charge is 0.481 e. The van der Waals surface area contributed by atoms with Gasteiger partial charge in [-0.15, -0.1) is 0 Å². The van der Waals surface area contributed by atoms with Gasteiger partial charge in [-0.05, 0) is 23.8 Å². The summed E-state index contributed by atoms with van der Waals surface area (Å²) in [6, 6.07) is 9.14. The number of ether oxygens (including phenoxy) is 1. The maximum absolute atomic E-state index is 12.0. The van der Waals surface area contributed by atoms with Crippen LogP contribution in [-0.2, 0) is 11.3 Å². The minimum absolute atomic E-state index is 0.0374. The highest BCUT2D eigenvalue weighted by atomic mass is 79.9. The molecule has 1 aromatic heterocycles. The molecule has 0 fully saturated rings. The number of hydrogen-bond acceptors (Lipinski definition) is 4.